The van der Waals surface area contributed by atoms with Crippen LogP contribution in [-0.2, 0) is 11.2 Å². The fraction of sp³-hybridized carbons (Fsp3) is 0.222. The van der Waals surface area contributed by atoms with E-state index in [-0.39, 0.29) is 18.0 Å². The minimum absolute atomic E-state index is 0.107. The molecule has 1 heterocycles. The van der Waals surface area contributed by atoms with Gasteiger partial charge in [0.1, 0.15) is 6.61 Å². The summed E-state index contributed by atoms with van der Waals surface area (Å²) in [5.74, 6) is -0.107. The molecule has 2 aromatic carbocycles. The van der Waals surface area contributed by atoms with Gasteiger partial charge < -0.3 is 15.8 Å². The number of nitrogens with one attached hydrogen (secondary N) is 1. The third kappa shape index (κ3) is 4.10. The van der Waals surface area contributed by atoms with Gasteiger partial charge >= 0.3 is 0 Å². The highest BCUT2D eigenvalue weighted by molar-refractivity contribution is 6.04. The fourth-order valence-electron chi connectivity index (χ4n) is 2.46. The number of para-hydroxylation sites is 1. The van der Waals surface area contributed by atoms with Crippen LogP contribution in [0.25, 0.3) is 0 Å². The molecule has 0 fully saturated rings. The molecule has 5 nitrogen and oxygen atoms in total. The van der Waals surface area contributed by atoms with Crippen LogP contribution >= 0.6 is 0 Å². The first-order chi connectivity index (χ1) is 11.2. The highest BCUT2D eigenvalue weighted by Gasteiger charge is 2.16. The van der Waals surface area contributed by atoms with E-state index in [2.05, 4.69) is 10.3 Å². The van der Waals surface area contributed by atoms with Crippen LogP contribution in [0, 0.1) is 0 Å². The third-order valence-corrected chi connectivity index (χ3v) is 3.75. The summed E-state index contributed by atoms with van der Waals surface area (Å²) in [4.78, 5) is 16.4. The molecule has 0 saturated heterocycles. The molecule has 0 bridgehead atoms. The molecular formula is C18H19N3O2. The van der Waals surface area contributed by atoms with Crippen molar-refractivity contribution in [2.45, 2.75) is 18.9 Å². The van der Waals surface area contributed by atoms with Crippen molar-refractivity contribution in [2.24, 2.45) is 10.7 Å². The van der Waals surface area contributed by atoms with Crippen molar-refractivity contribution in [1.82, 2.24) is 0 Å². The van der Waals surface area contributed by atoms with E-state index in [0.717, 1.165) is 18.5 Å². The number of carbonyl (C=O) groups is 1. The molecule has 3 N–H and O–H groups in total. The zero-order valence-electron chi connectivity index (χ0n) is 12.7. The van der Waals surface area contributed by atoms with Crippen molar-refractivity contribution in [1.29, 1.82) is 0 Å². The Labute approximate surface area is 135 Å². The van der Waals surface area contributed by atoms with Crippen LogP contribution in [0.4, 0.5) is 5.69 Å². The Kier molecular flexibility index (Phi) is 4.57. The number of anilines is 1. The first-order valence-corrected chi connectivity index (χ1v) is 7.62. The number of rotatable bonds is 5. The van der Waals surface area contributed by atoms with Gasteiger partial charge in [-0.25, -0.2) is 4.99 Å². The van der Waals surface area contributed by atoms with Crippen molar-refractivity contribution in [3.8, 4) is 0 Å². The number of hydrogen-bond donors (Lipinski definition) is 2. The molecule has 3 rings (SSSR count). The number of hydrogen-bond acceptors (Lipinski definition) is 4. The van der Waals surface area contributed by atoms with Crippen LogP contribution in [0.2, 0.25) is 0 Å². The van der Waals surface area contributed by atoms with Gasteiger partial charge in [0, 0.05) is 11.3 Å². The zero-order valence-corrected chi connectivity index (χ0v) is 12.7. The van der Waals surface area contributed by atoms with Crippen LogP contribution in [0.3, 0.4) is 0 Å². The van der Waals surface area contributed by atoms with Crippen molar-refractivity contribution in [2.75, 3.05) is 11.9 Å². The van der Waals surface area contributed by atoms with Gasteiger partial charge in [0.2, 0.25) is 0 Å². The van der Waals surface area contributed by atoms with E-state index in [1.165, 1.54) is 5.56 Å². The van der Waals surface area contributed by atoms with E-state index in [9.17, 15) is 4.79 Å². The molecule has 0 saturated carbocycles. The maximum absolute atomic E-state index is 12.2. The summed E-state index contributed by atoms with van der Waals surface area (Å²) < 4.78 is 5.14. The molecule has 0 aliphatic carbocycles. The summed E-state index contributed by atoms with van der Waals surface area (Å²) >= 11 is 0. The van der Waals surface area contributed by atoms with E-state index < -0.39 is 0 Å². The van der Waals surface area contributed by atoms with Gasteiger partial charge in [-0.1, -0.05) is 30.3 Å². The predicted molar refractivity (Wildman–Crippen MR) is 90.5 cm³/mol. The predicted octanol–water partition coefficient (Wildman–Crippen LogP) is 2.59. The molecular weight excluding hydrogens is 290 g/mol. The molecule has 23 heavy (non-hydrogen) atoms. The van der Waals surface area contributed by atoms with Gasteiger partial charge in [-0.15, -0.1) is 0 Å². The molecule has 0 spiro atoms. The number of nitrogens with two attached hydrogens (primary N) is 1. The normalized spacial score (nSPS) is 16.5. The van der Waals surface area contributed by atoms with E-state index in [1.54, 1.807) is 0 Å². The van der Waals surface area contributed by atoms with Gasteiger partial charge in [0.25, 0.3) is 11.9 Å². The van der Waals surface area contributed by atoms with Gasteiger partial charge in [0.15, 0.2) is 0 Å². The summed E-state index contributed by atoms with van der Waals surface area (Å²) in [7, 11) is 0. The summed E-state index contributed by atoms with van der Waals surface area (Å²) in [5, 5.41) is 2.87. The number of aliphatic imine (C=N–C) groups is 1. The fourth-order valence-corrected chi connectivity index (χ4v) is 2.46. The zero-order chi connectivity index (χ0) is 16.1. The van der Waals surface area contributed by atoms with Gasteiger partial charge in [-0.2, -0.15) is 0 Å². The van der Waals surface area contributed by atoms with Crippen LogP contribution in [-0.4, -0.2) is 24.6 Å². The average molecular weight is 309 g/mol. The summed E-state index contributed by atoms with van der Waals surface area (Å²) in [6.45, 7) is 0.559. The second-order valence-corrected chi connectivity index (χ2v) is 5.49. The lowest BCUT2D eigenvalue weighted by Crippen LogP contribution is -2.12. The maximum atomic E-state index is 12.2. The number of amidine groups is 1. The maximum Gasteiger partial charge on any atom is 0.282 e. The Morgan fingerprint density at radius 2 is 1.91 bits per heavy atom. The minimum Gasteiger partial charge on any atom is -0.463 e. The van der Waals surface area contributed by atoms with Gasteiger partial charge in [-0.05, 0) is 42.7 Å². The van der Waals surface area contributed by atoms with Crippen molar-refractivity contribution in [3.05, 3.63) is 65.7 Å². The number of ether oxygens (including phenoxy) is 1. The molecule has 118 valence electrons. The van der Waals surface area contributed by atoms with Crippen LogP contribution in [0.5, 0.6) is 0 Å². The Morgan fingerprint density at radius 3 is 2.57 bits per heavy atom. The first-order valence-electron chi connectivity index (χ1n) is 7.62. The number of nitrogens with zero attached hydrogens (tertiary/aromatic N) is 1. The molecule has 0 aromatic heterocycles. The van der Waals surface area contributed by atoms with Crippen molar-refractivity contribution in [3.63, 3.8) is 0 Å². The molecule has 0 radical (unpaired) electrons. The molecule has 5 heteroatoms. The lowest BCUT2D eigenvalue weighted by molar-refractivity contribution is 0.102. The molecule has 0 unspecified atom stereocenters. The largest absolute Gasteiger partial charge is 0.463 e. The number of amides is 1. The molecule has 1 atom stereocenters. The van der Waals surface area contributed by atoms with Crippen LogP contribution in [0.1, 0.15) is 22.3 Å². The molecule has 1 amide bonds. The van der Waals surface area contributed by atoms with Crippen LogP contribution in [0.15, 0.2) is 59.6 Å². The Balaban J connectivity index is 1.55. The lowest BCUT2D eigenvalue weighted by Gasteiger charge is -2.07. The quantitative estimate of drug-likeness (QED) is 0.891. The second kappa shape index (κ2) is 6.96. The first kappa shape index (κ1) is 15.1. The highest BCUT2D eigenvalue weighted by atomic mass is 16.5. The highest BCUT2D eigenvalue weighted by Crippen LogP contribution is 2.14. The average Bonchev–Trinajstić information content (AvgIpc) is 3.00. The van der Waals surface area contributed by atoms with Crippen molar-refractivity contribution >= 4 is 17.6 Å². The van der Waals surface area contributed by atoms with Gasteiger partial charge in [-0.3, -0.25) is 4.79 Å². The smallest absolute Gasteiger partial charge is 0.282 e. The lowest BCUT2D eigenvalue weighted by atomic mass is 10.0. The summed E-state index contributed by atoms with van der Waals surface area (Å²) in [6.07, 6.45) is 1.77. The SMILES string of the molecule is NC1=N[C@@H](CCc2ccc(C(=O)Nc3ccccc3)cc2)CO1. The summed E-state index contributed by atoms with van der Waals surface area (Å²) in [5.41, 5.74) is 8.10. The number of aryl methyl sites for hydroxylation is 1. The molecule has 1 aliphatic heterocycles. The standard InChI is InChI=1S/C18H19N3O2/c19-18-21-16(12-23-18)11-8-13-6-9-14(10-7-13)17(22)20-15-4-2-1-3-5-15/h1-7,9-10,16H,8,11-12H2,(H2,19,21)(H,20,22)/t16-/m0/s1. The second-order valence-electron chi connectivity index (χ2n) is 5.49. The number of carbonyl (C=O) groups excluding carboxylic acids is 1. The Bertz CT molecular complexity index is 696. The molecule has 1 aliphatic rings. The van der Waals surface area contributed by atoms with Crippen molar-refractivity contribution < 1.29 is 9.53 Å². The topological polar surface area (TPSA) is 76.7 Å². The van der Waals surface area contributed by atoms with E-state index in [0.29, 0.717) is 12.2 Å². The van der Waals surface area contributed by atoms with E-state index in [1.807, 2.05) is 54.6 Å². The monoisotopic (exact) mass is 309 g/mol. The third-order valence-electron chi connectivity index (χ3n) is 3.75. The Hall–Kier alpha value is -2.82. The minimum atomic E-state index is -0.107. The summed E-state index contributed by atoms with van der Waals surface area (Å²) in [6, 6.07) is 17.5. The van der Waals surface area contributed by atoms with Gasteiger partial charge in [0.05, 0.1) is 6.04 Å². The molecule has 2 aromatic rings. The Morgan fingerprint density at radius 1 is 1.17 bits per heavy atom. The number of benzene rings is 2. The van der Waals surface area contributed by atoms with E-state index in [4.69, 9.17) is 10.5 Å². The van der Waals surface area contributed by atoms with E-state index >= 15 is 0 Å². The van der Waals surface area contributed by atoms with Crippen LogP contribution < -0.4 is 11.1 Å².